The lowest BCUT2D eigenvalue weighted by Crippen LogP contribution is -2.32. The molecule has 1 saturated heterocycles. The number of amides is 1. The molecule has 1 heterocycles. The fraction of sp³-hybridized carbons (Fsp3) is 0.562. The molecule has 0 saturated carbocycles. The molecule has 1 fully saturated rings. The molecular weight excluding hydrogens is 252 g/mol. The Morgan fingerprint density at radius 1 is 1.45 bits per heavy atom. The zero-order valence-electron chi connectivity index (χ0n) is 12.4. The van der Waals surface area contributed by atoms with E-state index in [2.05, 4.69) is 17.6 Å². The minimum absolute atomic E-state index is 0.0139. The van der Waals surface area contributed by atoms with Crippen molar-refractivity contribution in [2.45, 2.75) is 39.2 Å². The Balaban J connectivity index is 1.91. The third-order valence-electron chi connectivity index (χ3n) is 3.56. The molecular formula is C16H24N2O2. The summed E-state index contributed by atoms with van der Waals surface area (Å²) in [4.78, 5) is 12.2. The van der Waals surface area contributed by atoms with Crippen molar-refractivity contribution in [3.63, 3.8) is 0 Å². The minimum atomic E-state index is -0.0139. The Hall–Kier alpha value is -1.55. The van der Waals surface area contributed by atoms with Crippen molar-refractivity contribution in [3.05, 3.63) is 29.3 Å². The molecule has 1 aliphatic rings. The minimum Gasteiger partial charge on any atom is -0.385 e. The van der Waals surface area contributed by atoms with Crippen LogP contribution in [0, 0.1) is 6.92 Å². The summed E-state index contributed by atoms with van der Waals surface area (Å²) >= 11 is 0. The lowest BCUT2D eigenvalue weighted by atomic mass is 10.1. The zero-order chi connectivity index (χ0) is 14.4. The average molecular weight is 276 g/mol. The van der Waals surface area contributed by atoms with Crippen LogP contribution >= 0.6 is 0 Å². The van der Waals surface area contributed by atoms with Crippen LogP contribution in [0.2, 0.25) is 0 Å². The second-order valence-corrected chi connectivity index (χ2v) is 5.30. The fourth-order valence-electron chi connectivity index (χ4n) is 2.40. The van der Waals surface area contributed by atoms with Crippen LogP contribution in [0.3, 0.4) is 0 Å². The number of ether oxygens (including phenoxy) is 1. The number of hydrogen-bond acceptors (Lipinski definition) is 3. The summed E-state index contributed by atoms with van der Waals surface area (Å²) in [5.41, 5.74) is 2.81. The highest BCUT2D eigenvalue weighted by atomic mass is 16.5. The van der Waals surface area contributed by atoms with Gasteiger partial charge in [0.2, 0.25) is 0 Å². The summed E-state index contributed by atoms with van der Waals surface area (Å²) in [6.45, 7) is 6.47. The first kappa shape index (κ1) is 14.9. The van der Waals surface area contributed by atoms with Crippen molar-refractivity contribution >= 4 is 11.6 Å². The summed E-state index contributed by atoms with van der Waals surface area (Å²) in [6.07, 6.45) is 3.41. The topological polar surface area (TPSA) is 50.4 Å². The van der Waals surface area contributed by atoms with Crippen LogP contribution < -0.4 is 10.6 Å². The summed E-state index contributed by atoms with van der Waals surface area (Å²) in [6, 6.07) is 5.87. The molecule has 20 heavy (non-hydrogen) atoms. The van der Waals surface area contributed by atoms with Gasteiger partial charge in [0.15, 0.2) is 0 Å². The van der Waals surface area contributed by atoms with Crippen molar-refractivity contribution in [2.75, 3.05) is 25.0 Å². The third-order valence-corrected chi connectivity index (χ3v) is 3.56. The maximum atomic E-state index is 12.2. The molecule has 4 heteroatoms. The molecule has 0 aliphatic carbocycles. The molecule has 0 spiro atoms. The number of benzene rings is 1. The van der Waals surface area contributed by atoms with Gasteiger partial charge in [0, 0.05) is 30.9 Å². The molecule has 0 aromatic heterocycles. The van der Waals surface area contributed by atoms with E-state index in [-0.39, 0.29) is 12.0 Å². The smallest absolute Gasteiger partial charge is 0.251 e. The first-order valence-electron chi connectivity index (χ1n) is 7.45. The Labute approximate surface area is 120 Å². The van der Waals surface area contributed by atoms with E-state index in [1.54, 1.807) is 0 Å². The highest BCUT2D eigenvalue weighted by Crippen LogP contribution is 2.16. The quantitative estimate of drug-likeness (QED) is 0.840. The van der Waals surface area contributed by atoms with Crippen LogP contribution in [-0.2, 0) is 4.74 Å². The van der Waals surface area contributed by atoms with Gasteiger partial charge in [-0.3, -0.25) is 4.79 Å². The van der Waals surface area contributed by atoms with E-state index in [1.807, 2.05) is 25.1 Å². The monoisotopic (exact) mass is 276 g/mol. The van der Waals surface area contributed by atoms with E-state index in [0.29, 0.717) is 6.54 Å². The zero-order valence-corrected chi connectivity index (χ0v) is 12.4. The van der Waals surface area contributed by atoms with E-state index >= 15 is 0 Å². The molecule has 1 aromatic carbocycles. The summed E-state index contributed by atoms with van der Waals surface area (Å²) in [7, 11) is 0. The van der Waals surface area contributed by atoms with E-state index in [4.69, 9.17) is 4.74 Å². The second kappa shape index (κ2) is 7.29. The largest absolute Gasteiger partial charge is 0.385 e. The molecule has 1 aliphatic heterocycles. The first-order valence-corrected chi connectivity index (χ1v) is 7.45. The predicted molar refractivity (Wildman–Crippen MR) is 81.3 cm³/mol. The van der Waals surface area contributed by atoms with E-state index in [0.717, 1.165) is 49.2 Å². The lowest BCUT2D eigenvalue weighted by Gasteiger charge is -2.13. The molecule has 2 rings (SSSR count). The SMILES string of the molecule is CCCNc1ccc(C(=O)NCC2CCCO2)c(C)c1. The lowest BCUT2D eigenvalue weighted by molar-refractivity contribution is 0.0857. The molecule has 0 bridgehead atoms. The van der Waals surface area contributed by atoms with Crippen LogP contribution in [0.15, 0.2) is 18.2 Å². The van der Waals surface area contributed by atoms with Crippen molar-refractivity contribution < 1.29 is 9.53 Å². The van der Waals surface area contributed by atoms with Gasteiger partial charge >= 0.3 is 0 Å². The van der Waals surface area contributed by atoms with Crippen LogP contribution in [0.1, 0.15) is 42.1 Å². The van der Waals surface area contributed by atoms with Crippen molar-refractivity contribution in [3.8, 4) is 0 Å². The van der Waals surface area contributed by atoms with Crippen molar-refractivity contribution in [2.24, 2.45) is 0 Å². The highest BCUT2D eigenvalue weighted by Gasteiger charge is 2.17. The summed E-state index contributed by atoms with van der Waals surface area (Å²) in [5, 5.41) is 6.29. The Morgan fingerprint density at radius 2 is 2.30 bits per heavy atom. The fourth-order valence-corrected chi connectivity index (χ4v) is 2.40. The second-order valence-electron chi connectivity index (χ2n) is 5.30. The van der Waals surface area contributed by atoms with Gasteiger partial charge in [-0.1, -0.05) is 6.92 Å². The number of hydrogen-bond donors (Lipinski definition) is 2. The van der Waals surface area contributed by atoms with Gasteiger partial charge < -0.3 is 15.4 Å². The standard InChI is InChI=1S/C16H24N2O2/c1-3-8-17-13-6-7-15(12(2)10-13)16(19)18-11-14-5-4-9-20-14/h6-7,10,14,17H,3-5,8-9,11H2,1-2H3,(H,18,19). The predicted octanol–water partition coefficient (Wildman–Crippen LogP) is 2.73. The number of rotatable bonds is 6. The molecule has 4 nitrogen and oxygen atoms in total. The van der Waals surface area contributed by atoms with Gasteiger partial charge in [-0.15, -0.1) is 0 Å². The highest BCUT2D eigenvalue weighted by molar-refractivity contribution is 5.96. The maximum absolute atomic E-state index is 12.2. The molecule has 110 valence electrons. The van der Waals surface area contributed by atoms with Gasteiger partial charge in [-0.05, 0) is 49.9 Å². The number of carbonyl (C=O) groups excluding carboxylic acids is 1. The number of carbonyl (C=O) groups is 1. The molecule has 1 unspecified atom stereocenters. The Kier molecular flexibility index (Phi) is 5.41. The summed E-state index contributed by atoms with van der Waals surface area (Å²) < 4.78 is 5.51. The van der Waals surface area contributed by atoms with E-state index < -0.39 is 0 Å². The molecule has 1 atom stereocenters. The van der Waals surface area contributed by atoms with Crippen LogP contribution in [0.25, 0.3) is 0 Å². The molecule has 0 radical (unpaired) electrons. The van der Waals surface area contributed by atoms with Gasteiger partial charge in [-0.2, -0.15) is 0 Å². The van der Waals surface area contributed by atoms with Gasteiger partial charge in [-0.25, -0.2) is 0 Å². The Morgan fingerprint density at radius 3 is 2.95 bits per heavy atom. The number of nitrogens with one attached hydrogen (secondary N) is 2. The van der Waals surface area contributed by atoms with Crippen LogP contribution in [0.4, 0.5) is 5.69 Å². The average Bonchev–Trinajstić information content (AvgIpc) is 2.96. The third kappa shape index (κ3) is 3.97. The number of aryl methyl sites for hydroxylation is 1. The number of anilines is 1. The van der Waals surface area contributed by atoms with Gasteiger partial charge in [0.05, 0.1) is 6.10 Å². The van der Waals surface area contributed by atoms with E-state index in [9.17, 15) is 4.79 Å². The van der Waals surface area contributed by atoms with Crippen molar-refractivity contribution in [1.82, 2.24) is 5.32 Å². The van der Waals surface area contributed by atoms with Gasteiger partial charge in [0.1, 0.15) is 0 Å². The molecule has 2 N–H and O–H groups in total. The Bertz CT molecular complexity index is 454. The van der Waals surface area contributed by atoms with Gasteiger partial charge in [0.25, 0.3) is 5.91 Å². The van der Waals surface area contributed by atoms with Crippen LogP contribution in [0.5, 0.6) is 0 Å². The molecule has 1 aromatic rings. The first-order chi connectivity index (χ1) is 9.70. The maximum Gasteiger partial charge on any atom is 0.251 e. The van der Waals surface area contributed by atoms with Crippen molar-refractivity contribution in [1.29, 1.82) is 0 Å². The van der Waals surface area contributed by atoms with E-state index in [1.165, 1.54) is 0 Å². The normalized spacial score (nSPS) is 18.0. The molecule has 1 amide bonds. The summed E-state index contributed by atoms with van der Waals surface area (Å²) in [5.74, 6) is -0.0139. The van der Waals surface area contributed by atoms with Crippen LogP contribution in [-0.4, -0.2) is 31.7 Å².